The molecular formula is C53H48N2. The van der Waals surface area contributed by atoms with E-state index < -0.39 is 0 Å². The van der Waals surface area contributed by atoms with E-state index in [1.165, 1.54) is 84.8 Å². The van der Waals surface area contributed by atoms with Crippen molar-refractivity contribution in [1.29, 1.82) is 0 Å². The van der Waals surface area contributed by atoms with Crippen LogP contribution in [0.5, 0.6) is 0 Å². The molecule has 2 heteroatoms. The summed E-state index contributed by atoms with van der Waals surface area (Å²) in [6.07, 6.45) is 2.41. The lowest BCUT2D eigenvalue weighted by atomic mass is 9.63. The molecule has 0 spiro atoms. The van der Waals surface area contributed by atoms with E-state index in [2.05, 4.69) is 209 Å². The second kappa shape index (κ2) is 12.1. The van der Waals surface area contributed by atoms with Crippen LogP contribution >= 0.6 is 0 Å². The Balaban J connectivity index is 1.16. The molecule has 1 heterocycles. The van der Waals surface area contributed by atoms with Crippen LogP contribution in [0.2, 0.25) is 0 Å². The number of anilines is 3. The van der Waals surface area contributed by atoms with E-state index in [-0.39, 0.29) is 16.2 Å². The summed E-state index contributed by atoms with van der Waals surface area (Å²) in [5, 5.41) is 2.52. The van der Waals surface area contributed by atoms with Crippen molar-refractivity contribution in [1.82, 2.24) is 4.57 Å². The zero-order chi connectivity index (χ0) is 37.7. The van der Waals surface area contributed by atoms with Gasteiger partial charge in [-0.2, -0.15) is 0 Å². The minimum Gasteiger partial charge on any atom is -0.310 e. The van der Waals surface area contributed by atoms with E-state index >= 15 is 0 Å². The van der Waals surface area contributed by atoms with E-state index in [4.69, 9.17) is 0 Å². The monoisotopic (exact) mass is 712 g/mol. The second-order valence-electron chi connectivity index (χ2n) is 17.7. The lowest BCUT2D eigenvalue weighted by Gasteiger charge is -2.42. The fraction of sp³-hybridized carbons (Fsp3) is 0.208. The molecule has 0 bridgehead atoms. The summed E-state index contributed by atoms with van der Waals surface area (Å²) in [6.45, 7) is 14.4. The highest BCUT2D eigenvalue weighted by Gasteiger charge is 2.38. The lowest BCUT2D eigenvalue weighted by Crippen LogP contribution is -2.33. The molecule has 0 atom stereocenters. The van der Waals surface area contributed by atoms with Crippen molar-refractivity contribution in [2.24, 2.45) is 0 Å². The minimum atomic E-state index is -0.0964. The van der Waals surface area contributed by atoms with E-state index in [1.54, 1.807) is 0 Å². The zero-order valence-electron chi connectivity index (χ0n) is 32.8. The van der Waals surface area contributed by atoms with Crippen LogP contribution in [-0.4, -0.2) is 4.57 Å². The molecule has 55 heavy (non-hydrogen) atoms. The first-order valence-electron chi connectivity index (χ1n) is 19.9. The first-order valence-corrected chi connectivity index (χ1v) is 19.9. The standard InChI is InChI=1S/C53H48N2/c1-51(2)30-31-52(3,4)48-34-40(25-28-46(48)51)55-49-19-13-11-17-43(49)44-32-38(26-29-50(44)55)54(37-22-20-36(21-23-37)35-14-8-7-9-15-35)39-24-27-42-41-16-10-12-18-45(41)53(5,6)47(42)33-39/h7-29,32-34H,30-31H2,1-6H3. The molecule has 270 valence electrons. The Morgan fingerprint density at radius 2 is 1.02 bits per heavy atom. The Morgan fingerprint density at radius 3 is 1.82 bits per heavy atom. The van der Waals surface area contributed by atoms with Crippen LogP contribution < -0.4 is 4.90 Å². The van der Waals surface area contributed by atoms with Crippen LogP contribution in [0, 0.1) is 0 Å². The number of hydrogen-bond donors (Lipinski definition) is 0. The van der Waals surface area contributed by atoms with Gasteiger partial charge in [-0.3, -0.25) is 0 Å². The number of aromatic nitrogens is 1. The van der Waals surface area contributed by atoms with Crippen LogP contribution in [0.4, 0.5) is 17.1 Å². The highest BCUT2D eigenvalue weighted by Crippen LogP contribution is 2.51. The number of fused-ring (bicyclic) bond motifs is 7. The Hall–Kier alpha value is -5.86. The molecule has 0 amide bonds. The summed E-state index contributed by atoms with van der Waals surface area (Å²) >= 11 is 0. The Bertz CT molecular complexity index is 2780. The summed E-state index contributed by atoms with van der Waals surface area (Å²) < 4.78 is 2.49. The molecule has 0 saturated carbocycles. The summed E-state index contributed by atoms with van der Waals surface area (Å²) in [6, 6.07) is 59.0. The molecule has 2 aliphatic rings. The Morgan fingerprint density at radius 1 is 0.418 bits per heavy atom. The molecule has 2 nitrogen and oxygen atoms in total. The van der Waals surface area contributed by atoms with Crippen LogP contribution in [0.1, 0.15) is 76.6 Å². The molecule has 0 fully saturated rings. The molecule has 0 N–H and O–H groups in total. The van der Waals surface area contributed by atoms with E-state index in [1.807, 2.05) is 0 Å². The van der Waals surface area contributed by atoms with Crippen molar-refractivity contribution in [2.45, 2.75) is 70.6 Å². The number of benzene rings is 7. The molecule has 0 saturated heterocycles. The van der Waals surface area contributed by atoms with E-state index in [0.29, 0.717) is 0 Å². The van der Waals surface area contributed by atoms with Crippen molar-refractivity contribution in [3.63, 3.8) is 0 Å². The average Bonchev–Trinajstić information content (AvgIpc) is 3.65. The first kappa shape index (κ1) is 33.7. The van der Waals surface area contributed by atoms with Gasteiger partial charge in [-0.25, -0.2) is 0 Å². The minimum absolute atomic E-state index is 0.0964. The van der Waals surface area contributed by atoms with Gasteiger partial charge in [0.1, 0.15) is 0 Å². The third kappa shape index (κ3) is 5.22. The van der Waals surface area contributed by atoms with Crippen molar-refractivity contribution in [2.75, 3.05) is 4.90 Å². The van der Waals surface area contributed by atoms with Gasteiger partial charge in [0.05, 0.1) is 11.0 Å². The summed E-state index contributed by atoms with van der Waals surface area (Å²) in [7, 11) is 0. The second-order valence-corrected chi connectivity index (χ2v) is 17.7. The quantitative estimate of drug-likeness (QED) is 0.172. The maximum Gasteiger partial charge on any atom is 0.0542 e. The lowest BCUT2D eigenvalue weighted by molar-refractivity contribution is 0.332. The van der Waals surface area contributed by atoms with Crippen LogP contribution in [-0.2, 0) is 16.2 Å². The van der Waals surface area contributed by atoms with Crippen molar-refractivity contribution < 1.29 is 0 Å². The maximum absolute atomic E-state index is 2.49. The third-order valence-electron chi connectivity index (χ3n) is 13.1. The maximum atomic E-state index is 2.49. The SMILES string of the molecule is CC1(C)CCC(C)(C)c2cc(-n3c4ccccc4c4cc(N(c5ccc(-c6ccccc6)cc5)c5ccc6c(c5)C(C)(C)c5ccccc5-6)ccc43)ccc21. The highest BCUT2D eigenvalue weighted by atomic mass is 15.1. The van der Waals surface area contributed by atoms with Gasteiger partial charge in [-0.05, 0) is 129 Å². The molecule has 1 aromatic heterocycles. The van der Waals surface area contributed by atoms with Crippen molar-refractivity contribution in [3.05, 3.63) is 180 Å². The predicted molar refractivity (Wildman–Crippen MR) is 234 cm³/mol. The smallest absolute Gasteiger partial charge is 0.0542 e. The Kier molecular flexibility index (Phi) is 7.39. The summed E-state index contributed by atoms with van der Waals surface area (Å²) in [5.41, 5.74) is 18.2. The van der Waals surface area contributed by atoms with Crippen LogP contribution in [0.15, 0.2) is 158 Å². The Labute approximate surface area is 325 Å². The van der Waals surface area contributed by atoms with Gasteiger partial charge < -0.3 is 9.47 Å². The van der Waals surface area contributed by atoms with Gasteiger partial charge in [-0.1, -0.05) is 139 Å². The zero-order valence-corrected chi connectivity index (χ0v) is 32.8. The molecule has 0 radical (unpaired) electrons. The molecule has 2 aliphatic carbocycles. The van der Waals surface area contributed by atoms with Crippen LogP contribution in [0.25, 0.3) is 49.7 Å². The molecular weight excluding hydrogens is 665 g/mol. The molecule has 0 unspecified atom stereocenters. The highest BCUT2D eigenvalue weighted by molar-refractivity contribution is 6.10. The molecule has 8 aromatic rings. The average molecular weight is 713 g/mol. The molecule has 7 aromatic carbocycles. The fourth-order valence-electron chi connectivity index (χ4n) is 9.81. The van der Waals surface area contributed by atoms with E-state index in [9.17, 15) is 0 Å². The number of rotatable bonds is 5. The van der Waals surface area contributed by atoms with Gasteiger partial charge >= 0.3 is 0 Å². The van der Waals surface area contributed by atoms with Gasteiger partial charge in [-0.15, -0.1) is 0 Å². The molecule has 0 aliphatic heterocycles. The first-order chi connectivity index (χ1) is 26.5. The topological polar surface area (TPSA) is 8.17 Å². The van der Waals surface area contributed by atoms with E-state index in [0.717, 1.165) is 17.1 Å². The van der Waals surface area contributed by atoms with Gasteiger partial charge in [0.15, 0.2) is 0 Å². The number of hydrogen-bond acceptors (Lipinski definition) is 1. The van der Waals surface area contributed by atoms with Gasteiger partial charge in [0, 0.05) is 38.9 Å². The van der Waals surface area contributed by atoms with Crippen molar-refractivity contribution in [3.8, 4) is 27.9 Å². The third-order valence-corrected chi connectivity index (χ3v) is 13.1. The predicted octanol–water partition coefficient (Wildman–Crippen LogP) is 14.6. The van der Waals surface area contributed by atoms with Crippen LogP contribution in [0.3, 0.4) is 0 Å². The van der Waals surface area contributed by atoms with Crippen molar-refractivity contribution >= 4 is 38.9 Å². The normalized spacial score (nSPS) is 16.1. The number of nitrogens with zero attached hydrogens (tertiary/aromatic N) is 2. The number of para-hydroxylation sites is 1. The fourth-order valence-corrected chi connectivity index (χ4v) is 9.81. The largest absolute Gasteiger partial charge is 0.310 e. The summed E-state index contributed by atoms with van der Waals surface area (Å²) in [4.78, 5) is 2.45. The van der Waals surface area contributed by atoms with Gasteiger partial charge in [0.25, 0.3) is 0 Å². The molecule has 10 rings (SSSR count). The van der Waals surface area contributed by atoms with Gasteiger partial charge in [0.2, 0.25) is 0 Å². The summed E-state index contributed by atoms with van der Waals surface area (Å²) in [5.74, 6) is 0.